The summed E-state index contributed by atoms with van der Waals surface area (Å²) in [7, 11) is 0. The molecule has 0 unspecified atom stereocenters. The number of carbonyl (C=O) groups excluding carboxylic acids is 2. The van der Waals surface area contributed by atoms with E-state index in [1.54, 1.807) is 37.3 Å². The molecule has 2 aromatic rings. The van der Waals surface area contributed by atoms with E-state index in [1.807, 2.05) is 13.8 Å². The average molecular weight is 350 g/mol. The lowest BCUT2D eigenvalue weighted by Gasteiger charge is -2.24. The Bertz CT molecular complexity index is 710. The Kier molecular flexibility index (Phi) is 5.98. The number of hydrogen-bond donors (Lipinski definition) is 1. The molecular formula is C17H20ClN3O3. The minimum absolute atomic E-state index is 0.0639. The van der Waals surface area contributed by atoms with Gasteiger partial charge in [-0.1, -0.05) is 30.6 Å². The first-order valence-corrected chi connectivity index (χ1v) is 8.01. The molecular weight excluding hydrogens is 330 g/mol. The molecule has 0 atom stereocenters. The van der Waals surface area contributed by atoms with Gasteiger partial charge in [0.25, 0.3) is 5.91 Å². The van der Waals surface area contributed by atoms with Gasteiger partial charge < -0.3 is 14.7 Å². The van der Waals surface area contributed by atoms with Crippen LogP contribution in [0.3, 0.4) is 0 Å². The quantitative estimate of drug-likeness (QED) is 0.867. The summed E-state index contributed by atoms with van der Waals surface area (Å²) in [6.07, 6.45) is 0. The summed E-state index contributed by atoms with van der Waals surface area (Å²) in [5.41, 5.74) is 0.491. The Morgan fingerprint density at radius 1 is 1.29 bits per heavy atom. The van der Waals surface area contributed by atoms with E-state index in [9.17, 15) is 9.59 Å². The summed E-state index contributed by atoms with van der Waals surface area (Å²) in [6.45, 7) is 6.11. The van der Waals surface area contributed by atoms with Crippen LogP contribution in [0.15, 0.2) is 34.9 Å². The van der Waals surface area contributed by atoms with Gasteiger partial charge in [-0.15, -0.1) is 0 Å². The lowest BCUT2D eigenvalue weighted by atomic mass is 10.1. The van der Waals surface area contributed by atoms with Gasteiger partial charge in [0.05, 0.1) is 0 Å². The lowest BCUT2D eigenvalue weighted by Crippen LogP contribution is -2.40. The van der Waals surface area contributed by atoms with Crippen molar-refractivity contribution in [1.29, 1.82) is 0 Å². The number of aryl methyl sites for hydroxylation is 1. The third-order valence-electron chi connectivity index (χ3n) is 3.19. The first kappa shape index (κ1) is 18.0. The van der Waals surface area contributed by atoms with Crippen molar-refractivity contribution < 1.29 is 14.1 Å². The molecule has 0 aliphatic rings. The molecule has 6 nitrogen and oxygen atoms in total. The molecule has 2 amide bonds. The van der Waals surface area contributed by atoms with Crippen LogP contribution >= 0.6 is 11.6 Å². The van der Waals surface area contributed by atoms with Gasteiger partial charge in [-0.05, 0) is 37.1 Å². The Hall–Kier alpha value is -2.34. The maximum absolute atomic E-state index is 12.7. The number of nitrogens with zero attached hydrogens (tertiary/aromatic N) is 2. The molecule has 0 bridgehead atoms. The molecule has 0 saturated heterocycles. The van der Waals surface area contributed by atoms with Crippen LogP contribution in [0.2, 0.25) is 5.02 Å². The Balaban J connectivity index is 2.08. The number of hydrogen-bond acceptors (Lipinski definition) is 4. The second-order valence-electron chi connectivity index (χ2n) is 5.96. The van der Waals surface area contributed by atoms with Crippen molar-refractivity contribution >= 4 is 29.2 Å². The van der Waals surface area contributed by atoms with E-state index in [-0.39, 0.29) is 24.3 Å². The summed E-state index contributed by atoms with van der Waals surface area (Å²) < 4.78 is 4.91. The van der Waals surface area contributed by atoms with Crippen LogP contribution in [-0.4, -0.2) is 35.0 Å². The molecule has 1 aromatic carbocycles. The number of rotatable bonds is 6. The molecule has 0 saturated carbocycles. The highest BCUT2D eigenvalue weighted by atomic mass is 35.5. The monoisotopic (exact) mass is 349 g/mol. The molecule has 2 rings (SSSR count). The molecule has 1 aromatic heterocycles. The van der Waals surface area contributed by atoms with Crippen molar-refractivity contribution in [2.24, 2.45) is 5.92 Å². The van der Waals surface area contributed by atoms with Gasteiger partial charge in [-0.3, -0.25) is 9.59 Å². The zero-order valence-electron chi connectivity index (χ0n) is 13.9. The fourth-order valence-corrected chi connectivity index (χ4v) is 2.34. The summed E-state index contributed by atoms with van der Waals surface area (Å²) in [5.74, 6) is 0.615. The highest BCUT2D eigenvalue weighted by Crippen LogP contribution is 2.13. The van der Waals surface area contributed by atoms with E-state index in [0.29, 0.717) is 28.7 Å². The van der Waals surface area contributed by atoms with Crippen LogP contribution in [0, 0.1) is 12.8 Å². The van der Waals surface area contributed by atoms with Crippen LogP contribution in [-0.2, 0) is 4.79 Å². The first-order chi connectivity index (χ1) is 11.3. The maximum Gasteiger partial charge on any atom is 0.254 e. The summed E-state index contributed by atoms with van der Waals surface area (Å²) in [5, 5.41) is 6.89. The number of anilines is 1. The van der Waals surface area contributed by atoms with Gasteiger partial charge >= 0.3 is 0 Å². The summed E-state index contributed by atoms with van der Waals surface area (Å²) >= 11 is 5.85. The standard InChI is InChI=1S/C17H20ClN3O3/c1-11(2)9-21(17(23)13-4-6-14(18)7-5-13)10-16(22)19-15-8-12(3)24-20-15/h4-8,11H,9-10H2,1-3H3,(H,19,20,22). The second-order valence-corrected chi connectivity index (χ2v) is 6.39. The second kappa shape index (κ2) is 7.97. The molecule has 0 fully saturated rings. The van der Waals surface area contributed by atoms with E-state index in [4.69, 9.17) is 16.1 Å². The molecule has 24 heavy (non-hydrogen) atoms. The fourth-order valence-electron chi connectivity index (χ4n) is 2.22. The van der Waals surface area contributed by atoms with E-state index in [0.717, 1.165) is 0 Å². The molecule has 1 N–H and O–H groups in total. The minimum Gasteiger partial charge on any atom is -0.360 e. The SMILES string of the molecule is Cc1cc(NC(=O)CN(CC(C)C)C(=O)c2ccc(Cl)cc2)no1. The topological polar surface area (TPSA) is 75.4 Å². The van der Waals surface area contributed by atoms with Crippen LogP contribution in [0.1, 0.15) is 30.0 Å². The molecule has 1 heterocycles. The molecule has 128 valence electrons. The molecule has 0 spiro atoms. The highest BCUT2D eigenvalue weighted by Gasteiger charge is 2.20. The number of nitrogens with one attached hydrogen (secondary N) is 1. The third-order valence-corrected chi connectivity index (χ3v) is 3.45. The predicted molar refractivity (Wildman–Crippen MR) is 92.1 cm³/mol. The van der Waals surface area contributed by atoms with Crippen LogP contribution < -0.4 is 5.32 Å². The first-order valence-electron chi connectivity index (χ1n) is 7.63. The average Bonchev–Trinajstić information content (AvgIpc) is 2.91. The van der Waals surface area contributed by atoms with Gasteiger partial charge in [0.15, 0.2) is 5.82 Å². The van der Waals surface area contributed by atoms with Crippen molar-refractivity contribution in [3.63, 3.8) is 0 Å². The molecule has 0 aliphatic heterocycles. The number of benzene rings is 1. The van der Waals surface area contributed by atoms with Crippen molar-refractivity contribution in [3.8, 4) is 0 Å². The van der Waals surface area contributed by atoms with Crippen molar-refractivity contribution in [2.45, 2.75) is 20.8 Å². The smallest absolute Gasteiger partial charge is 0.254 e. The molecule has 0 radical (unpaired) electrons. The summed E-state index contributed by atoms with van der Waals surface area (Å²) in [4.78, 5) is 26.4. The Labute approximate surface area is 145 Å². The predicted octanol–water partition coefficient (Wildman–Crippen LogP) is 3.37. The Morgan fingerprint density at radius 3 is 2.50 bits per heavy atom. The number of halogens is 1. The lowest BCUT2D eigenvalue weighted by molar-refractivity contribution is -0.117. The van der Waals surface area contributed by atoms with E-state index < -0.39 is 0 Å². The van der Waals surface area contributed by atoms with Crippen LogP contribution in [0.4, 0.5) is 5.82 Å². The van der Waals surface area contributed by atoms with Crippen molar-refractivity contribution in [1.82, 2.24) is 10.1 Å². The van der Waals surface area contributed by atoms with Crippen molar-refractivity contribution in [2.75, 3.05) is 18.4 Å². The zero-order valence-corrected chi connectivity index (χ0v) is 14.6. The van der Waals surface area contributed by atoms with E-state index in [2.05, 4.69) is 10.5 Å². The fraction of sp³-hybridized carbons (Fsp3) is 0.353. The number of aromatic nitrogens is 1. The van der Waals surface area contributed by atoms with Gasteiger partial charge in [-0.25, -0.2) is 0 Å². The normalized spacial score (nSPS) is 10.7. The number of carbonyl (C=O) groups is 2. The van der Waals surface area contributed by atoms with Gasteiger partial charge in [0.1, 0.15) is 12.3 Å². The van der Waals surface area contributed by atoms with E-state index >= 15 is 0 Å². The van der Waals surface area contributed by atoms with Crippen LogP contribution in [0.25, 0.3) is 0 Å². The summed E-state index contributed by atoms with van der Waals surface area (Å²) in [6, 6.07) is 8.22. The van der Waals surface area contributed by atoms with Gasteiger partial charge in [0.2, 0.25) is 5.91 Å². The third kappa shape index (κ3) is 5.09. The minimum atomic E-state index is -0.328. The van der Waals surface area contributed by atoms with Gasteiger partial charge in [-0.2, -0.15) is 0 Å². The molecule has 0 aliphatic carbocycles. The number of amides is 2. The van der Waals surface area contributed by atoms with Gasteiger partial charge in [0, 0.05) is 23.2 Å². The van der Waals surface area contributed by atoms with Crippen LogP contribution in [0.5, 0.6) is 0 Å². The largest absolute Gasteiger partial charge is 0.360 e. The zero-order chi connectivity index (χ0) is 17.7. The highest BCUT2D eigenvalue weighted by molar-refractivity contribution is 6.30. The van der Waals surface area contributed by atoms with E-state index in [1.165, 1.54) is 4.90 Å². The van der Waals surface area contributed by atoms with Crippen molar-refractivity contribution in [3.05, 3.63) is 46.7 Å². The molecule has 7 heteroatoms. The maximum atomic E-state index is 12.7. The Morgan fingerprint density at radius 2 is 1.96 bits per heavy atom.